The minimum Gasteiger partial charge on any atom is -0.324 e. The second kappa shape index (κ2) is 2.85. The number of nitrogens with one attached hydrogen (secondary N) is 3. The molecule has 0 saturated carbocycles. The van der Waals surface area contributed by atoms with Crippen LogP contribution in [0.5, 0.6) is 0 Å². The van der Waals surface area contributed by atoms with E-state index in [1.54, 1.807) is 0 Å². The predicted octanol–water partition coefficient (Wildman–Crippen LogP) is -0.414. The Hall–Kier alpha value is -0.540. The van der Waals surface area contributed by atoms with E-state index in [0.717, 1.165) is 6.54 Å². The number of hydrogen-bond acceptors (Lipinski definition) is 3. The third-order valence-corrected chi connectivity index (χ3v) is 1.28. The van der Waals surface area contributed by atoms with Gasteiger partial charge in [0.1, 0.15) is 0 Å². The molecule has 52 valence electrons. The van der Waals surface area contributed by atoms with Crippen LogP contribution in [0.15, 0.2) is 11.8 Å². The third kappa shape index (κ3) is 1.69. The number of hydrogen-bond donors (Lipinski definition) is 3. The van der Waals surface area contributed by atoms with Crippen LogP contribution in [0.3, 0.4) is 0 Å². The summed E-state index contributed by atoms with van der Waals surface area (Å²) >= 11 is 0. The lowest BCUT2D eigenvalue weighted by Crippen LogP contribution is -2.31. The molecule has 1 aliphatic heterocycles. The Morgan fingerprint density at radius 3 is 3.00 bits per heavy atom. The molecule has 0 aliphatic carbocycles. The topological polar surface area (TPSA) is 36.1 Å². The molecule has 0 spiro atoms. The number of rotatable bonds is 2. The Morgan fingerprint density at radius 2 is 2.56 bits per heavy atom. The van der Waals surface area contributed by atoms with Crippen LogP contribution in [-0.2, 0) is 0 Å². The zero-order valence-corrected chi connectivity index (χ0v) is 5.86. The molecule has 1 aliphatic rings. The minimum atomic E-state index is 0.466. The second-order valence-corrected chi connectivity index (χ2v) is 2.28. The standard InChI is InChI=1S/C6H13N3/c1-5-3-6(4-7-2)9-8-5/h3,5,7-9H,4H2,1-2H3. The molecule has 0 aromatic heterocycles. The Morgan fingerprint density at radius 1 is 1.78 bits per heavy atom. The van der Waals surface area contributed by atoms with E-state index >= 15 is 0 Å². The fourth-order valence-corrected chi connectivity index (χ4v) is 0.885. The van der Waals surface area contributed by atoms with E-state index in [4.69, 9.17) is 0 Å². The predicted molar refractivity (Wildman–Crippen MR) is 37.7 cm³/mol. The summed E-state index contributed by atoms with van der Waals surface area (Å²) in [4.78, 5) is 0. The van der Waals surface area contributed by atoms with Gasteiger partial charge in [0.25, 0.3) is 0 Å². The largest absolute Gasteiger partial charge is 0.324 e. The zero-order valence-electron chi connectivity index (χ0n) is 5.86. The fourth-order valence-electron chi connectivity index (χ4n) is 0.885. The lowest BCUT2D eigenvalue weighted by Gasteiger charge is -2.01. The lowest BCUT2D eigenvalue weighted by molar-refractivity contribution is 0.597. The molecule has 1 rings (SSSR count). The molecule has 0 aromatic rings. The smallest absolute Gasteiger partial charge is 0.0432 e. The normalized spacial score (nSPS) is 25.6. The van der Waals surface area contributed by atoms with E-state index in [9.17, 15) is 0 Å². The molecule has 0 bridgehead atoms. The zero-order chi connectivity index (χ0) is 6.69. The van der Waals surface area contributed by atoms with Gasteiger partial charge in [-0.15, -0.1) is 0 Å². The van der Waals surface area contributed by atoms with Crippen LogP contribution in [0.2, 0.25) is 0 Å². The summed E-state index contributed by atoms with van der Waals surface area (Å²) in [5.74, 6) is 0. The Bertz CT molecular complexity index is 119. The first-order valence-electron chi connectivity index (χ1n) is 3.20. The van der Waals surface area contributed by atoms with Gasteiger partial charge >= 0.3 is 0 Å². The molecule has 3 nitrogen and oxygen atoms in total. The SMILES string of the molecule is CNCC1=CC(C)NN1. The van der Waals surface area contributed by atoms with Crippen LogP contribution in [0.25, 0.3) is 0 Å². The summed E-state index contributed by atoms with van der Waals surface area (Å²) in [6.45, 7) is 3.02. The summed E-state index contributed by atoms with van der Waals surface area (Å²) < 4.78 is 0. The summed E-state index contributed by atoms with van der Waals surface area (Å²) in [5.41, 5.74) is 7.35. The molecule has 1 unspecified atom stereocenters. The highest BCUT2D eigenvalue weighted by atomic mass is 15.4. The molecule has 0 saturated heterocycles. The maximum Gasteiger partial charge on any atom is 0.0432 e. The maximum atomic E-state index is 3.07. The van der Waals surface area contributed by atoms with E-state index in [1.807, 2.05) is 7.05 Å². The van der Waals surface area contributed by atoms with Gasteiger partial charge in [-0.25, -0.2) is 5.43 Å². The molecular weight excluding hydrogens is 114 g/mol. The van der Waals surface area contributed by atoms with Gasteiger partial charge in [0, 0.05) is 18.3 Å². The molecule has 0 fully saturated rings. The summed E-state index contributed by atoms with van der Waals surface area (Å²) in [6.07, 6.45) is 2.16. The van der Waals surface area contributed by atoms with Crippen molar-refractivity contribution in [3.05, 3.63) is 11.8 Å². The van der Waals surface area contributed by atoms with Crippen LogP contribution in [-0.4, -0.2) is 19.6 Å². The van der Waals surface area contributed by atoms with Crippen molar-refractivity contribution in [1.29, 1.82) is 0 Å². The van der Waals surface area contributed by atoms with Gasteiger partial charge in [-0.05, 0) is 20.0 Å². The Labute approximate surface area is 55.5 Å². The highest BCUT2D eigenvalue weighted by molar-refractivity contribution is 5.09. The average molecular weight is 127 g/mol. The van der Waals surface area contributed by atoms with Crippen molar-refractivity contribution in [3.63, 3.8) is 0 Å². The Balaban J connectivity index is 2.33. The van der Waals surface area contributed by atoms with Gasteiger partial charge in [-0.3, -0.25) is 0 Å². The van der Waals surface area contributed by atoms with E-state index < -0.39 is 0 Å². The summed E-state index contributed by atoms with van der Waals surface area (Å²) in [6, 6.07) is 0.466. The molecule has 0 amide bonds. The van der Waals surface area contributed by atoms with E-state index in [1.165, 1.54) is 5.70 Å². The highest BCUT2D eigenvalue weighted by Gasteiger charge is 2.06. The van der Waals surface area contributed by atoms with Crippen LogP contribution in [0.4, 0.5) is 0 Å². The first-order valence-corrected chi connectivity index (χ1v) is 3.20. The molecule has 0 aromatic carbocycles. The van der Waals surface area contributed by atoms with Crippen molar-refractivity contribution in [2.75, 3.05) is 13.6 Å². The van der Waals surface area contributed by atoms with Gasteiger partial charge < -0.3 is 10.7 Å². The van der Waals surface area contributed by atoms with E-state index in [-0.39, 0.29) is 0 Å². The number of likely N-dealkylation sites (N-methyl/N-ethyl adjacent to an activating group) is 1. The quantitative estimate of drug-likeness (QED) is 0.472. The maximum absolute atomic E-state index is 3.07. The highest BCUT2D eigenvalue weighted by Crippen LogP contribution is 1.96. The third-order valence-electron chi connectivity index (χ3n) is 1.28. The van der Waals surface area contributed by atoms with Crippen molar-refractivity contribution in [2.45, 2.75) is 13.0 Å². The van der Waals surface area contributed by atoms with Crippen LogP contribution >= 0.6 is 0 Å². The van der Waals surface area contributed by atoms with Crippen molar-refractivity contribution in [2.24, 2.45) is 0 Å². The summed E-state index contributed by atoms with van der Waals surface area (Å²) in [7, 11) is 1.94. The molecule has 3 heteroatoms. The lowest BCUT2D eigenvalue weighted by atomic mass is 10.3. The van der Waals surface area contributed by atoms with Gasteiger partial charge in [-0.1, -0.05) is 0 Å². The fraction of sp³-hybridized carbons (Fsp3) is 0.667. The monoisotopic (exact) mass is 127 g/mol. The van der Waals surface area contributed by atoms with Crippen molar-refractivity contribution in [1.82, 2.24) is 16.2 Å². The van der Waals surface area contributed by atoms with E-state index in [2.05, 4.69) is 29.2 Å². The molecule has 0 radical (unpaired) electrons. The van der Waals surface area contributed by atoms with Gasteiger partial charge in [-0.2, -0.15) is 0 Å². The van der Waals surface area contributed by atoms with Gasteiger partial charge in [0.05, 0.1) is 0 Å². The van der Waals surface area contributed by atoms with E-state index in [0.29, 0.717) is 6.04 Å². The van der Waals surface area contributed by atoms with Gasteiger partial charge in [0.2, 0.25) is 0 Å². The van der Waals surface area contributed by atoms with Crippen molar-refractivity contribution in [3.8, 4) is 0 Å². The van der Waals surface area contributed by atoms with Crippen LogP contribution in [0, 0.1) is 0 Å². The first-order chi connectivity index (χ1) is 4.33. The second-order valence-electron chi connectivity index (χ2n) is 2.28. The van der Waals surface area contributed by atoms with Crippen LogP contribution < -0.4 is 16.2 Å². The summed E-state index contributed by atoms with van der Waals surface area (Å²) in [5, 5.41) is 3.06. The van der Waals surface area contributed by atoms with Crippen molar-refractivity contribution >= 4 is 0 Å². The average Bonchev–Trinajstić information content (AvgIpc) is 2.17. The van der Waals surface area contributed by atoms with Crippen molar-refractivity contribution < 1.29 is 0 Å². The Kier molecular flexibility index (Phi) is 2.08. The molecule has 1 heterocycles. The molecular formula is C6H13N3. The van der Waals surface area contributed by atoms with Gasteiger partial charge in [0.15, 0.2) is 0 Å². The molecule has 1 atom stereocenters. The minimum absolute atomic E-state index is 0.466. The number of hydrazine groups is 1. The molecule has 3 N–H and O–H groups in total. The first kappa shape index (κ1) is 6.58. The molecule has 9 heavy (non-hydrogen) atoms. The van der Waals surface area contributed by atoms with Crippen LogP contribution in [0.1, 0.15) is 6.92 Å².